The van der Waals surface area contributed by atoms with Crippen molar-refractivity contribution in [3.05, 3.63) is 0 Å². The number of nitrogens with two attached hydrogens (primary N) is 1. The Morgan fingerprint density at radius 1 is 1.11 bits per heavy atom. The Morgan fingerprint density at radius 2 is 1.61 bits per heavy atom. The Hall–Kier alpha value is -0.0800. The van der Waals surface area contributed by atoms with E-state index in [0.717, 1.165) is 18.4 Å². The van der Waals surface area contributed by atoms with E-state index in [1.165, 1.54) is 32.4 Å². The topological polar surface area (TPSA) is 29.3 Å². The first kappa shape index (κ1) is 16.0. The lowest BCUT2D eigenvalue weighted by Gasteiger charge is -2.47. The highest BCUT2D eigenvalue weighted by atomic mass is 15.2. The molecule has 1 aliphatic rings. The van der Waals surface area contributed by atoms with Crippen LogP contribution in [0, 0.1) is 17.3 Å². The Bertz CT molecular complexity index is 246. The average Bonchev–Trinajstić information content (AvgIpc) is 2.27. The third kappa shape index (κ3) is 3.96. The zero-order chi connectivity index (χ0) is 14.0. The van der Waals surface area contributed by atoms with Crippen molar-refractivity contribution in [2.45, 2.75) is 66.3 Å². The molecule has 18 heavy (non-hydrogen) atoms. The van der Waals surface area contributed by atoms with Crippen LogP contribution >= 0.6 is 0 Å². The molecule has 0 spiro atoms. The standard InChI is InChI=1S/C16H34N2/c1-13(2)11-16(6,12-17)18-9-7-14(8-10-18)15(3,4)5/h13-14H,7-12,17H2,1-6H3. The fourth-order valence-corrected chi connectivity index (χ4v) is 3.51. The summed E-state index contributed by atoms with van der Waals surface area (Å²) in [6.07, 6.45) is 3.87. The molecule has 0 amide bonds. The molecule has 1 aliphatic heterocycles. The molecular formula is C16H34N2. The van der Waals surface area contributed by atoms with E-state index < -0.39 is 0 Å². The molecule has 1 fully saturated rings. The minimum Gasteiger partial charge on any atom is -0.329 e. The van der Waals surface area contributed by atoms with Gasteiger partial charge in [0.25, 0.3) is 0 Å². The third-order valence-electron chi connectivity index (χ3n) is 4.77. The van der Waals surface area contributed by atoms with E-state index in [-0.39, 0.29) is 5.54 Å². The molecule has 1 heterocycles. The van der Waals surface area contributed by atoms with Crippen molar-refractivity contribution >= 4 is 0 Å². The van der Waals surface area contributed by atoms with Crippen molar-refractivity contribution in [1.29, 1.82) is 0 Å². The van der Waals surface area contributed by atoms with Gasteiger partial charge in [0.05, 0.1) is 0 Å². The summed E-state index contributed by atoms with van der Waals surface area (Å²) >= 11 is 0. The van der Waals surface area contributed by atoms with Gasteiger partial charge in [0.15, 0.2) is 0 Å². The van der Waals surface area contributed by atoms with Crippen molar-refractivity contribution in [3.63, 3.8) is 0 Å². The van der Waals surface area contributed by atoms with E-state index in [9.17, 15) is 0 Å². The first-order valence-electron chi connectivity index (χ1n) is 7.64. The number of hydrogen-bond acceptors (Lipinski definition) is 2. The van der Waals surface area contributed by atoms with Gasteiger partial charge in [0.1, 0.15) is 0 Å². The van der Waals surface area contributed by atoms with Crippen molar-refractivity contribution in [2.24, 2.45) is 23.0 Å². The number of nitrogens with zero attached hydrogens (tertiary/aromatic N) is 1. The van der Waals surface area contributed by atoms with Crippen molar-refractivity contribution in [3.8, 4) is 0 Å². The molecule has 2 nitrogen and oxygen atoms in total. The molecular weight excluding hydrogens is 220 g/mol. The molecule has 0 aliphatic carbocycles. The lowest BCUT2D eigenvalue weighted by Crippen LogP contribution is -2.55. The summed E-state index contributed by atoms with van der Waals surface area (Å²) in [6.45, 7) is 17.3. The average molecular weight is 254 g/mol. The number of piperidine rings is 1. The van der Waals surface area contributed by atoms with Gasteiger partial charge < -0.3 is 5.73 Å². The molecule has 1 rings (SSSR count). The van der Waals surface area contributed by atoms with Crippen LogP contribution < -0.4 is 5.73 Å². The highest BCUT2D eigenvalue weighted by molar-refractivity contribution is 4.92. The van der Waals surface area contributed by atoms with Crippen LogP contribution in [0.4, 0.5) is 0 Å². The van der Waals surface area contributed by atoms with E-state index in [0.29, 0.717) is 5.41 Å². The van der Waals surface area contributed by atoms with Crippen LogP contribution in [0.5, 0.6) is 0 Å². The number of hydrogen-bond donors (Lipinski definition) is 1. The van der Waals surface area contributed by atoms with Crippen molar-refractivity contribution in [1.82, 2.24) is 4.90 Å². The fraction of sp³-hybridized carbons (Fsp3) is 1.00. The van der Waals surface area contributed by atoms with Crippen LogP contribution in [0.1, 0.15) is 60.8 Å². The fourth-order valence-electron chi connectivity index (χ4n) is 3.51. The predicted octanol–water partition coefficient (Wildman–Crippen LogP) is 3.51. The van der Waals surface area contributed by atoms with Crippen molar-refractivity contribution < 1.29 is 0 Å². The Morgan fingerprint density at radius 3 is 1.94 bits per heavy atom. The van der Waals surface area contributed by atoms with Crippen LogP contribution in [0.25, 0.3) is 0 Å². The molecule has 0 aromatic rings. The molecule has 1 saturated heterocycles. The molecule has 0 saturated carbocycles. The van der Waals surface area contributed by atoms with E-state index in [1.54, 1.807) is 0 Å². The van der Waals surface area contributed by atoms with Gasteiger partial charge in [-0.25, -0.2) is 0 Å². The highest BCUT2D eigenvalue weighted by Crippen LogP contribution is 2.37. The lowest BCUT2D eigenvalue weighted by molar-refractivity contribution is 0.0280. The largest absolute Gasteiger partial charge is 0.329 e. The van der Waals surface area contributed by atoms with Gasteiger partial charge in [-0.15, -0.1) is 0 Å². The van der Waals surface area contributed by atoms with Gasteiger partial charge in [0, 0.05) is 12.1 Å². The van der Waals surface area contributed by atoms with E-state index in [4.69, 9.17) is 5.73 Å². The Balaban J connectivity index is 2.60. The van der Waals surface area contributed by atoms with Gasteiger partial charge in [-0.2, -0.15) is 0 Å². The SMILES string of the molecule is CC(C)CC(C)(CN)N1CCC(C(C)(C)C)CC1. The maximum atomic E-state index is 6.06. The Labute approximate surface area is 114 Å². The lowest BCUT2D eigenvalue weighted by atomic mass is 9.74. The summed E-state index contributed by atoms with van der Waals surface area (Å²) in [4.78, 5) is 2.65. The van der Waals surface area contributed by atoms with Gasteiger partial charge in [-0.05, 0) is 56.5 Å². The summed E-state index contributed by atoms with van der Waals surface area (Å²) < 4.78 is 0. The smallest absolute Gasteiger partial charge is 0.0306 e. The second-order valence-electron chi connectivity index (χ2n) is 7.93. The summed E-state index contributed by atoms with van der Waals surface area (Å²) in [5.41, 5.74) is 6.73. The molecule has 0 aromatic heterocycles. The van der Waals surface area contributed by atoms with Crippen LogP contribution in [0.15, 0.2) is 0 Å². The molecule has 2 N–H and O–H groups in total. The first-order chi connectivity index (χ1) is 8.19. The molecule has 2 heteroatoms. The number of likely N-dealkylation sites (tertiary alicyclic amines) is 1. The van der Waals surface area contributed by atoms with Crippen molar-refractivity contribution in [2.75, 3.05) is 19.6 Å². The predicted molar refractivity (Wildman–Crippen MR) is 80.7 cm³/mol. The first-order valence-corrected chi connectivity index (χ1v) is 7.64. The molecule has 0 radical (unpaired) electrons. The van der Waals surface area contributed by atoms with Crippen LogP contribution in [-0.4, -0.2) is 30.1 Å². The van der Waals surface area contributed by atoms with Gasteiger partial charge in [0.2, 0.25) is 0 Å². The van der Waals surface area contributed by atoms with Crippen LogP contribution in [-0.2, 0) is 0 Å². The summed E-state index contributed by atoms with van der Waals surface area (Å²) in [7, 11) is 0. The second kappa shape index (κ2) is 5.92. The maximum Gasteiger partial charge on any atom is 0.0306 e. The Kier molecular flexibility index (Phi) is 5.25. The van der Waals surface area contributed by atoms with Gasteiger partial charge >= 0.3 is 0 Å². The molecule has 0 aromatic carbocycles. The normalized spacial score (nSPS) is 23.3. The van der Waals surface area contributed by atoms with E-state index >= 15 is 0 Å². The quantitative estimate of drug-likeness (QED) is 0.832. The van der Waals surface area contributed by atoms with Crippen LogP contribution in [0.2, 0.25) is 0 Å². The van der Waals surface area contributed by atoms with Crippen LogP contribution in [0.3, 0.4) is 0 Å². The highest BCUT2D eigenvalue weighted by Gasteiger charge is 2.36. The molecule has 1 unspecified atom stereocenters. The minimum absolute atomic E-state index is 0.205. The third-order valence-corrected chi connectivity index (χ3v) is 4.77. The molecule has 1 atom stereocenters. The zero-order valence-electron chi connectivity index (χ0n) is 13.4. The monoisotopic (exact) mass is 254 g/mol. The zero-order valence-corrected chi connectivity index (χ0v) is 13.4. The van der Waals surface area contributed by atoms with E-state index in [1.807, 2.05) is 0 Å². The van der Waals surface area contributed by atoms with Gasteiger partial charge in [-0.3, -0.25) is 4.90 Å². The minimum atomic E-state index is 0.205. The number of rotatable bonds is 4. The second-order valence-corrected chi connectivity index (χ2v) is 7.93. The van der Waals surface area contributed by atoms with E-state index in [2.05, 4.69) is 46.4 Å². The molecule has 108 valence electrons. The van der Waals surface area contributed by atoms with Gasteiger partial charge in [-0.1, -0.05) is 34.6 Å². The maximum absolute atomic E-state index is 6.06. The summed E-state index contributed by atoms with van der Waals surface area (Å²) in [6, 6.07) is 0. The summed E-state index contributed by atoms with van der Waals surface area (Å²) in [5.74, 6) is 1.59. The summed E-state index contributed by atoms with van der Waals surface area (Å²) in [5, 5.41) is 0. The molecule has 0 bridgehead atoms.